The monoisotopic (exact) mass is 210 g/mol. The summed E-state index contributed by atoms with van der Waals surface area (Å²) in [6.45, 7) is 1.55. The molecule has 2 nitrogen and oxygen atoms in total. The molecule has 0 unspecified atom stereocenters. The van der Waals surface area contributed by atoms with E-state index in [0.29, 0.717) is 5.56 Å². The van der Waals surface area contributed by atoms with Gasteiger partial charge < -0.3 is 10.2 Å². The van der Waals surface area contributed by atoms with Crippen LogP contribution in [-0.4, -0.2) is 16.8 Å². The van der Waals surface area contributed by atoms with Crippen molar-refractivity contribution in [3.63, 3.8) is 0 Å². The molecule has 0 aliphatic carbocycles. The summed E-state index contributed by atoms with van der Waals surface area (Å²) >= 11 is 0. The van der Waals surface area contributed by atoms with Crippen molar-refractivity contribution in [1.82, 2.24) is 0 Å². The number of hydrogen-bond donors (Lipinski definition) is 2. The lowest BCUT2D eigenvalue weighted by Crippen LogP contribution is -2.02. The Morgan fingerprint density at radius 3 is 2.53 bits per heavy atom. The summed E-state index contributed by atoms with van der Waals surface area (Å²) < 4.78 is 13.4. The zero-order valence-electron chi connectivity index (χ0n) is 8.60. The Bertz CT molecular complexity index is 322. The van der Waals surface area contributed by atoms with Gasteiger partial charge in [0, 0.05) is 12.5 Å². The molecule has 0 bridgehead atoms. The van der Waals surface area contributed by atoms with Crippen LogP contribution in [0.2, 0.25) is 0 Å². The summed E-state index contributed by atoms with van der Waals surface area (Å²) in [5.41, 5.74) is 0.511. The molecule has 2 N–H and O–H groups in total. The molecular formula is C12H15FO2. The predicted molar refractivity (Wildman–Crippen MR) is 56.8 cm³/mol. The second-order valence-corrected chi connectivity index (χ2v) is 3.52. The number of benzene rings is 1. The fraction of sp³-hybridized carbons (Fsp3) is 0.333. The zero-order chi connectivity index (χ0) is 11.3. The maximum Gasteiger partial charge on any atom is 0.130 e. The molecule has 1 rings (SSSR count). The van der Waals surface area contributed by atoms with Crippen LogP contribution >= 0.6 is 0 Å². The standard InChI is InChI=1S/C12H15FO2/c1-9(8-14)7-11(13)12(15)10-5-3-2-4-6-10/h2-7,9,12,14-15H,8H2,1H3/b11-7-/t9-,12+/m0/s1. The van der Waals surface area contributed by atoms with Crippen molar-refractivity contribution < 1.29 is 14.6 Å². The Hall–Kier alpha value is -1.19. The minimum absolute atomic E-state index is 0.130. The van der Waals surface area contributed by atoms with E-state index < -0.39 is 11.9 Å². The highest BCUT2D eigenvalue weighted by atomic mass is 19.1. The van der Waals surface area contributed by atoms with Crippen LogP contribution in [0.5, 0.6) is 0 Å². The summed E-state index contributed by atoms with van der Waals surface area (Å²) in [7, 11) is 0. The van der Waals surface area contributed by atoms with Crippen molar-refractivity contribution in [2.24, 2.45) is 5.92 Å². The quantitative estimate of drug-likeness (QED) is 0.799. The largest absolute Gasteiger partial charge is 0.396 e. The van der Waals surface area contributed by atoms with E-state index in [1.165, 1.54) is 6.08 Å². The first kappa shape index (κ1) is 11.9. The maximum absolute atomic E-state index is 13.4. The Balaban J connectivity index is 2.77. The van der Waals surface area contributed by atoms with Crippen LogP contribution in [0.4, 0.5) is 4.39 Å². The average molecular weight is 210 g/mol. The first-order valence-electron chi connectivity index (χ1n) is 4.86. The van der Waals surface area contributed by atoms with Crippen molar-refractivity contribution in [1.29, 1.82) is 0 Å². The van der Waals surface area contributed by atoms with Crippen LogP contribution < -0.4 is 0 Å². The molecule has 0 saturated heterocycles. The molecule has 0 heterocycles. The molecule has 3 heteroatoms. The van der Waals surface area contributed by atoms with E-state index in [1.54, 1.807) is 37.3 Å². The summed E-state index contributed by atoms with van der Waals surface area (Å²) in [5, 5.41) is 18.4. The molecule has 0 aliphatic rings. The van der Waals surface area contributed by atoms with E-state index in [4.69, 9.17) is 5.11 Å². The minimum atomic E-state index is -1.24. The Morgan fingerprint density at radius 2 is 2.00 bits per heavy atom. The van der Waals surface area contributed by atoms with Crippen molar-refractivity contribution >= 4 is 0 Å². The van der Waals surface area contributed by atoms with Crippen LogP contribution in [0, 0.1) is 5.92 Å². The van der Waals surface area contributed by atoms with Gasteiger partial charge in [0.25, 0.3) is 0 Å². The van der Waals surface area contributed by atoms with Gasteiger partial charge in [0.2, 0.25) is 0 Å². The molecular weight excluding hydrogens is 195 g/mol. The molecule has 2 atom stereocenters. The van der Waals surface area contributed by atoms with Crippen molar-refractivity contribution in [3.05, 3.63) is 47.8 Å². The number of hydrogen-bond acceptors (Lipinski definition) is 2. The SMILES string of the molecule is C[C@@H](/C=C(\F)[C@H](O)c1ccccc1)CO. The van der Waals surface area contributed by atoms with Crippen LogP contribution in [0.3, 0.4) is 0 Å². The van der Waals surface area contributed by atoms with Gasteiger partial charge in [-0.1, -0.05) is 37.3 Å². The molecule has 0 radical (unpaired) electrons. The summed E-state index contributed by atoms with van der Waals surface area (Å²) in [5.74, 6) is -0.911. The molecule has 0 aliphatic heterocycles. The smallest absolute Gasteiger partial charge is 0.130 e. The lowest BCUT2D eigenvalue weighted by Gasteiger charge is -2.10. The van der Waals surface area contributed by atoms with E-state index in [-0.39, 0.29) is 12.5 Å². The summed E-state index contributed by atoms with van der Waals surface area (Å²) in [6, 6.07) is 8.58. The third-order valence-corrected chi connectivity index (χ3v) is 2.11. The third kappa shape index (κ3) is 3.46. The Morgan fingerprint density at radius 1 is 1.40 bits per heavy atom. The Kier molecular flexibility index (Phi) is 4.46. The maximum atomic E-state index is 13.4. The molecule has 0 aromatic heterocycles. The molecule has 1 aromatic rings. The molecule has 0 spiro atoms. The third-order valence-electron chi connectivity index (χ3n) is 2.11. The highest BCUT2D eigenvalue weighted by molar-refractivity contribution is 5.23. The Labute approximate surface area is 88.7 Å². The van der Waals surface area contributed by atoms with E-state index in [1.807, 2.05) is 0 Å². The highest BCUT2D eigenvalue weighted by Crippen LogP contribution is 2.23. The van der Waals surface area contributed by atoms with Crippen molar-refractivity contribution in [2.45, 2.75) is 13.0 Å². The first-order valence-corrected chi connectivity index (χ1v) is 4.86. The van der Waals surface area contributed by atoms with Gasteiger partial charge in [-0.3, -0.25) is 0 Å². The number of halogens is 1. The number of aliphatic hydroxyl groups is 2. The fourth-order valence-electron chi connectivity index (χ4n) is 1.21. The van der Waals surface area contributed by atoms with Gasteiger partial charge in [0.05, 0.1) is 0 Å². The van der Waals surface area contributed by atoms with Gasteiger partial charge >= 0.3 is 0 Å². The second kappa shape index (κ2) is 5.63. The second-order valence-electron chi connectivity index (χ2n) is 3.52. The van der Waals surface area contributed by atoms with Crippen LogP contribution in [0.1, 0.15) is 18.6 Å². The average Bonchev–Trinajstić information content (AvgIpc) is 2.29. The van der Waals surface area contributed by atoms with Gasteiger partial charge in [-0.05, 0) is 11.6 Å². The summed E-state index contributed by atoms with van der Waals surface area (Å²) in [6.07, 6.45) is -0.00213. The molecule has 1 aromatic carbocycles. The lowest BCUT2D eigenvalue weighted by atomic mass is 10.1. The van der Waals surface area contributed by atoms with Crippen molar-refractivity contribution in [3.8, 4) is 0 Å². The van der Waals surface area contributed by atoms with Crippen molar-refractivity contribution in [2.75, 3.05) is 6.61 Å². The fourth-order valence-corrected chi connectivity index (χ4v) is 1.21. The minimum Gasteiger partial charge on any atom is -0.396 e. The molecule has 0 fully saturated rings. The molecule has 0 saturated carbocycles. The predicted octanol–water partition coefficient (Wildman–Crippen LogP) is 2.20. The summed E-state index contributed by atoms with van der Waals surface area (Å²) in [4.78, 5) is 0. The van der Waals surface area contributed by atoms with E-state index in [2.05, 4.69) is 0 Å². The molecule has 15 heavy (non-hydrogen) atoms. The first-order chi connectivity index (χ1) is 7.15. The van der Waals surface area contributed by atoms with Gasteiger partial charge in [0.15, 0.2) is 0 Å². The van der Waals surface area contributed by atoms with Gasteiger partial charge in [-0.2, -0.15) is 0 Å². The normalized spacial score (nSPS) is 16.1. The van der Waals surface area contributed by atoms with Gasteiger partial charge in [-0.15, -0.1) is 0 Å². The molecule has 0 amide bonds. The van der Waals surface area contributed by atoms with Gasteiger partial charge in [-0.25, -0.2) is 4.39 Å². The lowest BCUT2D eigenvalue weighted by molar-refractivity contribution is 0.182. The number of rotatable bonds is 4. The van der Waals surface area contributed by atoms with E-state index >= 15 is 0 Å². The zero-order valence-corrected chi connectivity index (χ0v) is 8.60. The van der Waals surface area contributed by atoms with E-state index in [0.717, 1.165) is 0 Å². The topological polar surface area (TPSA) is 40.5 Å². The van der Waals surface area contributed by atoms with E-state index in [9.17, 15) is 9.50 Å². The molecule has 82 valence electrons. The van der Waals surface area contributed by atoms with Crippen LogP contribution in [0.15, 0.2) is 42.2 Å². The number of aliphatic hydroxyl groups excluding tert-OH is 2. The highest BCUT2D eigenvalue weighted by Gasteiger charge is 2.13. The van der Waals surface area contributed by atoms with Crippen LogP contribution in [-0.2, 0) is 0 Å². The van der Waals surface area contributed by atoms with Gasteiger partial charge in [0.1, 0.15) is 11.9 Å². The van der Waals surface area contributed by atoms with Crippen LogP contribution in [0.25, 0.3) is 0 Å².